The summed E-state index contributed by atoms with van der Waals surface area (Å²) in [7, 11) is 1.81. The number of carbonyl (C=O) groups is 1. The Labute approximate surface area is 133 Å². The van der Waals surface area contributed by atoms with Crippen LogP contribution in [0.1, 0.15) is 15.9 Å². The standard InChI is InChI=1S/C19H15N3O/c1-20-16-8-4-3-7-14(16)18(23)12-10-15-13-6-2-5-9-17(13)22-19(15)21-11-12/h2-11,20H,1H3,(H,21,22). The zero-order valence-electron chi connectivity index (χ0n) is 12.6. The number of hydrogen-bond donors (Lipinski definition) is 2. The molecule has 0 aliphatic rings. The van der Waals surface area contributed by atoms with Crippen molar-refractivity contribution >= 4 is 33.4 Å². The van der Waals surface area contributed by atoms with E-state index in [1.54, 1.807) is 6.20 Å². The summed E-state index contributed by atoms with van der Waals surface area (Å²) in [6.45, 7) is 0. The molecule has 0 saturated heterocycles. The number of pyridine rings is 1. The monoisotopic (exact) mass is 301 g/mol. The highest BCUT2D eigenvalue weighted by Crippen LogP contribution is 2.26. The van der Waals surface area contributed by atoms with Crippen molar-refractivity contribution < 1.29 is 4.79 Å². The Morgan fingerprint density at radius 1 is 1.04 bits per heavy atom. The van der Waals surface area contributed by atoms with Crippen molar-refractivity contribution in [2.75, 3.05) is 12.4 Å². The van der Waals surface area contributed by atoms with Gasteiger partial charge in [0.2, 0.25) is 0 Å². The van der Waals surface area contributed by atoms with E-state index >= 15 is 0 Å². The van der Waals surface area contributed by atoms with Crippen LogP contribution in [0, 0.1) is 0 Å². The lowest BCUT2D eigenvalue weighted by molar-refractivity contribution is 0.103. The summed E-state index contributed by atoms with van der Waals surface area (Å²) in [4.78, 5) is 20.5. The molecule has 4 nitrogen and oxygen atoms in total. The third-order valence-electron chi connectivity index (χ3n) is 4.06. The number of nitrogens with one attached hydrogen (secondary N) is 2. The molecule has 2 N–H and O–H groups in total. The van der Waals surface area contributed by atoms with Gasteiger partial charge in [0.25, 0.3) is 0 Å². The molecule has 0 atom stereocenters. The zero-order chi connectivity index (χ0) is 15.8. The quantitative estimate of drug-likeness (QED) is 0.563. The number of nitrogens with zero attached hydrogens (tertiary/aromatic N) is 1. The highest BCUT2D eigenvalue weighted by atomic mass is 16.1. The van der Waals surface area contributed by atoms with Crippen molar-refractivity contribution in [3.05, 3.63) is 71.9 Å². The smallest absolute Gasteiger partial charge is 0.196 e. The maximum absolute atomic E-state index is 12.8. The second kappa shape index (κ2) is 5.25. The summed E-state index contributed by atoms with van der Waals surface area (Å²) in [6, 6.07) is 17.4. The van der Waals surface area contributed by atoms with Gasteiger partial charge in [0, 0.05) is 46.3 Å². The van der Waals surface area contributed by atoms with Crippen LogP contribution in [0.25, 0.3) is 21.9 Å². The first-order valence-corrected chi connectivity index (χ1v) is 7.46. The van der Waals surface area contributed by atoms with E-state index < -0.39 is 0 Å². The van der Waals surface area contributed by atoms with Gasteiger partial charge in [-0.05, 0) is 24.3 Å². The minimum absolute atomic E-state index is 0.0327. The van der Waals surface area contributed by atoms with Gasteiger partial charge in [0.05, 0.1) is 0 Å². The van der Waals surface area contributed by atoms with Crippen LogP contribution in [-0.4, -0.2) is 22.8 Å². The summed E-state index contributed by atoms with van der Waals surface area (Å²) in [5.41, 5.74) is 3.87. The van der Waals surface area contributed by atoms with E-state index in [0.29, 0.717) is 11.1 Å². The molecule has 0 amide bonds. The van der Waals surface area contributed by atoms with Crippen molar-refractivity contribution in [3.63, 3.8) is 0 Å². The van der Waals surface area contributed by atoms with E-state index in [-0.39, 0.29) is 5.78 Å². The number of fused-ring (bicyclic) bond motifs is 3. The first kappa shape index (κ1) is 13.5. The molecule has 0 unspecified atom stereocenters. The molecule has 0 aliphatic heterocycles. The first-order chi connectivity index (χ1) is 11.3. The molecule has 0 spiro atoms. The van der Waals surface area contributed by atoms with Gasteiger partial charge < -0.3 is 10.3 Å². The van der Waals surface area contributed by atoms with Gasteiger partial charge >= 0.3 is 0 Å². The predicted octanol–water partition coefficient (Wildman–Crippen LogP) is 3.99. The summed E-state index contributed by atoms with van der Waals surface area (Å²) in [6.07, 6.45) is 1.63. The van der Waals surface area contributed by atoms with Crippen molar-refractivity contribution in [2.45, 2.75) is 0 Å². The average Bonchev–Trinajstić information content (AvgIpc) is 2.99. The van der Waals surface area contributed by atoms with Gasteiger partial charge in [-0.1, -0.05) is 30.3 Å². The normalized spacial score (nSPS) is 11.0. The Kier molecular flexibility index (Phi) is 3.08. The fraction of sp³-hybridized carbons (Fsp3) is 0.0526. The molecule has 0 bridgehead atoms. The number of carbonyl (C=O) groups excluding carboxylic acids is 1. The van der Waals surface area contributed by atoms with E-state index in [2.05, 4.69) is 15.3 Å². The molecule has 4 heteroatoms. The van der Waals surface area contributed by atoms with Crippen LogP contribution < -0.4 is 5.32 Å². The Hall–Kier alpha value is -3.14. The van der Waals surface area contributed by atoms with Crippen LogP contribution in [0.15, 0.2) is 60.8 Å². The third kappa shape index (κ3) is 2.16. The Morgan fingerprint density at radius 3 is 2.70 bits per heavy atom. The topological polar surface area (TPSA) is 57.8 Å². The van der Waals surface area contributed by atoms with Gasteiger partial charge in [-0.15, -0.1) is 0 Å². The Morgan fingerprint density at radius 2 is 1.83 bits per heavy atom. The van der Waals surface area contributed by atoms with Gasteiger partial charge in [-0.3, -0.25) is 4.79 Å². The second-order valence-electron chi connectivity index (χ2n) is 5.42. The number of ketones is 1. The van der Waals surface area contributed by atoms with E-state index in [4.69, 9.17) is 0 Å². The van der Waals surface area contributed by atoms with Gasteiger partial charge in [-0.25, -0.2) is 4.98 Å². The lowest BCUT2D eigenvalue weighted by Gasteiger charge is -2.07. The summed E-state index contributed by atoms with van der Waals surface area (Å²) in [5, 5.41) is 5.10. The van der Waals surface area contributed by atoms with Crippen LogP contribution in [0.2, 0.25) is 0 Å². The molecule has 2 aromatic carbocycles. The lowest BCUT2D eigenvalue weighted by Crippen LogP contribution is -2.05. The third-order valence-corrected chi connectivity index (χ3v) is 4.06. The van der Waals surface area contributed by atoms with Crippen molar-refractivity contribution in [3.8, 4) is 0 Å². The molecular weight excluding hydrogens is 286 g/mol. The number of hydrogen-bond acceptors (Lipinski definition) is 3. The first-order valence-electron chi connectivity index (χ1n) is 7.46. The zero-order valence-corrected chi connectivity index (χ0v) is 12.6. The fourth-order valence-electron chi connectivity index (χ4n) is 2.90. The van der Waals surface area contributed by atoms with E-state index in [1.807, 2.05) is 61.6 Å². The molecule has 4 rings (SSSR count). The molecule has 0 saturated carbocycles. The molecular formula is C19H15N3O. The van der Waals surface area contributed by atoms with E-state index in [1.165, 1.54) is 0 Å². The van der Waals surface area contributed by atoms with Crippen molar-refractivity contribution in [1.29, 1.82) is 0 Å². The molecule has 23 heavy (non-hydrogen) atoms. The number of H-pyrrole nitrogens is 1. The molecule has 2 aromatic heterocycles. The molecule has 0 radical (unpaired) electrons. The minimum atomic E-state index is -0.0327. The Balaban J connectivity index is 1.88. The average molecular weight is 301 g/mol. The maximum atomic E-state index is 12.8. The summed E-state index contributed by atoms with van der Waals surface area (Å²) in [5.74, 6) is -0.0327. The van der Waals surface area contributed by atoms with Crippen molar-refractivity contribution in [1.82, 2.24) is 9.97 Å². The number of rotatable bonds is 3. The van der Waals surface area contributed by atoms with E-state index in [9.17, 15) is 4.79 Å². The van der Waals surface area contributed by atoms with Crippen LogP contribution in [0.4, 0.5) is 5.69 Å². The predicted molar refractivity (Wildman–Crippen MR) is 93.0 cm³/mol. The van der Waals surface area contributed by atoms with Crippen LogP contribution in [0.3, 0.4) is 0 Å². The molecule has 112 valence electrons. The number of aromatic amines is 1. The minimum Gasteiger partial charge on any atom is -0.388 e. The van der Waals surface area contributed by atoms with Gasteiger partial charge in [0.1, 0.15) is 5.65 Å². The highest BCUT2D eigenvalue weighted by molar-refractivity contribution is 6.15. The van der Waals surface area contributed by atoms with Crippen LogP contribution in [0.5, 0.6) is 0 Å². The maximum Gasteiger partial charge on any atom is 0.196 e. The fourth-order valence-corrected chi connectivity index (χ4v) is 2.90. The second-order valence-corrected chi connectivity index (χ2v) is 5.42. The van der Waals surface area contributed by atoms with Crippen LogP contribution >= 0.6 is 0 Å². The lowest BCUT2D eigenvalue weighted by atomic mass is 10.0. The number of aromatic nitrogens is 2. The van der Waals surface area contributed by atoms with Crippen LogP contribution in [-0.2, 0) is 0 Å². The van der Waals surface area contributed by atoms with Gasteiger partial charge in [-0.2, -0.15) is 0 Å². The highest BCUT2D eigenvalue weighted by Gasteiger charge is 2.15. The SMILES string of the molecule is CNc1ccccc1C(=O)c1cnc2[nH]c3ccccc3c2c1. The van der Waals surface area contributed by atoms with E-state index in [0.717, 1.165) is 27.6 Å². The molecule has 4 aromatic rings. The number of benzene rings is 2. The number of para-hydroxylation sites is 2. The summed E-state index contributed by atoms with van der Waals surface area (Å²) < 4.78 is 0. The number of anilines is 1. The molecule has 2 heterocycles. The molecule has 0 aliphatic carbocycles. The largest absolute Gasteiger partial charge is 0.388 e. The molecule has 0 fully saturated rings. The summed E-state index contributed by atoms with van der Waals surface area (Å²) >= 11 is 0. The Bertz CT molecular complexity index is 1030. The van der Waals surface area contributed by atoms with Gasteiger partial charge in [0.15, 0.2) is 5.78 Å². The van der Waals surface area contributed by atoms with Crippen molar-refractivity contribution in [2.24, 2.45) is 0 Å².